The second-order valence-electron chi connectivity index (χ2n) is 13.4. The molecule has 0 aliphatic heterocycles. The van der Waals surface area contributed by atoms with Crippen molar-refractivity contribution in [3.05, 3.63) is 53.1 Å². The van der Waals surface area contributed by atoms with Gasteiger partial charge in [-0.2, -0.15) is 0 Å². The molecule has 39 heavy (non-hydrogen) atoms. The third-order valence-corrected chi connectivity index (χ3v) is 11.7. The van der Waals surface area contributed by atoms with Crippen molar-refractivity contribution in [3.63, 3.8) is 0 Å². The Morgan fingerprint density at radius 1 is 0.795 bits per heavy atom. The lowest BCUT2D eigenvalue weighted by molar-refractivity contribution is 0.126. The lowest BCUT2D eigenvalue weighted by atomic mass is 9.69. The van der Waals surface area contributed by atoms with Crippen LogP contribution in [0.3, 0.4) is 0 Å². The first-order valence-electron chi connectivity index (χ1n) is 16.2. The quantitative estimate of drug-likeness (QED) is 0.232. The highest BCUT2D eigenvalue weighted by molar-refractivity contribution is 7.15. The highest BCUT2D eigenvalue weighted by Crippen LogP contribution is 2.42. The molecule has 0 N–H and O–H groups in total. The van der Waals surface area contributed by atoms with Crippen molar-refractivity contribution in [2.24, 2.45) is 29.1 Å². The summed E-state index contributed by atoms with van der Waals surface area (Å²) in [5, 5.41) is 0. The fraction of sp³-hybridized carbons (Fsp3) is 0.667. The predicted molar refractivity (Wildman–Crippen MR) is 178 cm³/mol. The van der Waals surface area contributed by atoms with E-state index in [2.05, 4.69) is 82.6 Å². The maximum absolute atomic E-state index is 6.50. The van der Waals surface area contributed by atoms with E-state index in [1.807, 2.05) is 0 Å². The zero-order chi connectivity index (χ0) is 27.8. The summed E-state index contributed by atoms with van der Waals surface area (Å²) in [6, 6.07) is 14.0. The Morgan fingerprint density at radius 3 is 1.85 bits per heavy atom. The molecule has 0 spiro atoms. The molecule has 216 valence electrons. The summed E-state index contributed by atoms with van der Waals surface area (Å²) in [5.74, 6) is 4.73. The van der Waals surface area contributed by atoms with E-state index < -0.39 is 0 Å². The molecular weight excluding hydrogens is 510 g/mol. The van der Waals surface area contributed by atoms with Gasteiger partial charge in [0.25, 0.3) is 0 Å². The molecule has 3 heteroatoms. The Hall–Kier alpha value is -0.900. The Kier molecular flexibility index (Phi) is 11.8. The monoisotopic (exact) mass is 566 g/mol. The number of hydrogen-bond donors (Lipinski definition) is 0. The van der Waals surface area contributed by atoms with Crippen LogP contribution in [0.15, 0.2) is 36.4 Å². The molecule has 2 fully saturated rings. The average Bonchev–Trinajstić information content (AvgIpc) is 2.99. The molecule has 2 aromatic carbocycles. The van der Waals surface area contributed by atoms with Gasteiger partial charge in [0.15, 0.2) is 0 Å². The van der Waals surface area contributed by atoms with Gasteiger partial charge in [-0.3, -0.25) is 0 Å². The van der Waals surface area contributed by atoms with Gasteiger partial charge < -0.3 is 4.74 Å². The molecule has 0 amide bonds. The number of aryl methyl sites for hydroxylation is 1. The van der Waals surface area contributed by atoms with Crippen molar-refractivity contribution in [2.75, 3.05) is 6.61 Å². The number of hydrogen-bond acceptors (Lipinski definition) is 1. The van der Waals surface area contributed by atoms with Crippen LogP contribution >= 0.6 is 18.5 Å². The van der Waals surface area contributed by atoms with Gasteiger partial charge in [0.1, 0.15) is 5.75 Å². The van der Waals surface area contributed by atoms with Crippen LogP contribution in [0.1, 0.15) is 115 Å². The summed E-state index contributed by atoms with van der Waals surface area (Å²) < 4.78 is 6.50. The minimum Gasteiger partial charge on any atom is -0.493 e. The minimum absolute atomic E-state index is 0.460. The molecule has 0 saturated heterocycles. The van der Waals surface area contributed by atoms with Crippen LogP contribution in [0.25, 0.3) is 11.1 Å². The van der Waals surface area contributed by atoms with Crippen molar-refractivity contribution in [2.45, 2.75) is 117 Å². The summed E-state index contributed by atoms with van der Waals surface area (Å²) in [4.78, 5) is 0. The fourth-order valence-corrected chi connectivity index (χ4v) is 7.84. The largest absolute Gasteiger partial charge is 0.493 e. The zero-order valence-corrected chi connectivity index (χ0v) is 27.8. The molecule has 0 aromatic heterocycles. The van der Waals surface area contributed by atoms with Gasteiger partial charge in [0.05, 0.1) is 6.61 Å². The summed E-state index contributed by atoms with van der Waals surface area (Å²) in [5.41, 5.74) is 7.41. The minimum atomic E-state index is 0.460. The van der Waals surface area contributed by atoms with E-state index in [0.717, 1.165) is 48.4 Å². The van der Waals surface area contributed by atoms with Crippen molar-refractivity contribution in [3.8, 4) is 16.9 Å². The molecule has 2 atom stereocenters. The van der Waals surface area contributed by atoms with Crippen LogP contribution in [-0.4, -0.2) is 6.61 Å². The van der Waals surface area contributed by atoms with Gasteiger partial charge in [-0.15, -0.1) is 18.5 Å². The van der Waals surface area contributed by atoms with E-state index >= 15 is 0 Å². The fourth-order valence-electron chi connectivity index (χ4n) is 7.20. The molecular formula is C36H56OP2. The van der Waals surface area contributed by atoms with E-state index in [1.54, 1.807) is 0 Å². The van der Waals surface area contributed by atoms with Gasteiger partial charge in [-0.25, -0.2) is 0 Å². The van der Waals surface area contributed by atoms with Gasteiger partial charge in [-0.05, 0) is 133 Å². The Morgan fingerprint density at radius 2 is 1.33 bits per heavy atom. The Bertz CT molecular complexity index is 984. The Balaban J connectivity index is 1.36. The maximum Gasteiger partial charge on any atom is 0.119 e. The number of rotatable bonds is 12. The first-order valence-corrected chi connectivity index (χ1v) is 17.8. The third kappa shape index (κ3) is 8.32. The molecule has 2 unspecified atom stereocenters. The molecule has 0 heterocycles. The van der Waals surface area contributed by atoms with Crippen molar-refractivity contribution in [1.29, 1.82) is 0 Å². The molecule has 4 rings (SSSR count). The molecule has 2 aliphatic carbocycles. The predicted octanol–water partition coefficient (Wildman–Crippen LogP) is 10.9. The lowest BCUT2D eigenvalue weighted by Gasteiger charge is -2.37. The van der Waals surface area contributed by atoms with Crippen molar-refractivity contribution < 1.29 is 4.74 Å². The summed E-state index contributed by atoms with van der Waals surface area (Å²) >= 11 is 0. The van der Waals surface area contributed by atoms with E-state index in [-0.39, 0.29) is 0 Å². The SMILES string of the molecule is CCC(C)(CC)CCc1ccc(-c2c(CP)cc(OCC3CCC(C4CCC(C)CC4)CC3)cc2CP)cc1. The van der Waals surface area contributed by atoms with Gasteiger partial charge in [0, 0.05) is 0 Å². The van der Waals surface area contributed by atoms with Gasteiger partial charge >= 0.3 is 0 Å². The van der Waals surface area contributed by atoms with Crippen LogP contribution < -0.4 is 4.74 Å². The van der Waals surface area contributed by atoms with Crippen molar-refractivity contribution >= 4 is 18.5 Å². The number of ether oxygens (including phenoxy) is 1. The van der Waals surface area contributed by atoms with Crippen molar-refractivity contribution in [1.82, 2.24) is 0 Å². The second kappa shape index (κ2) is 14.8. The molecule has 0 radical (unpaired) electrons. The van der Waals surface area contributed by atoms with E-state index in [1.165, 1.54) is 105 Å². The molecule has 2 saturated carbocycles. The smallest absolute Gasteiger partial charge is 0.119 e. The molecule has 2 aromatic rings. The molecule has 1 nitrogen and oxygen atoms in total. The van der Waals surface area contributed by atoms with Crippen LogP contribution in [0.2, 0.25) is 0 Å². The summed E-state index contributed by atoms with van der Waals surface area (Å²) in [6.45, 7) is 10.4. The second-order valence-corrected chi connectivity index (χ2v) is 14.2. The lowest BCUT2D eigenvalue weighted by Crippen LogP contribution is -2.27. The molecule has 0 bridgehead atoms. The first-order chi connectivity index (χ1) is 18.9. The first kappa shape index (κ1) is 31.0. The van der Waals surface area contributed by atoms with Crippen LogP contribution in [0.5, 0.6) is 5.75 Å². The zero-order valence-electron chi connectivity index (χ0n) is 25.4. The van der Waals surface area contributed by atoms with E-state index in [4.69, 9.17) is 4.74 Å². The van der Waals surface area contributed by atoms with Gasteiger partial charge in [-0.1, -0.05) is 77.6 Å². The van der Waals surface area contributed by atoms with E-state index in [0.29, 0.717) is 5.41 Å². The highest BCUT2D eigenvalue weighted by Gasteiger charge is 2.30. The topological polar surface area (TPSA) is 9.23 Å². The van der Waals surface area contributed by atoms with Crippen LogP contribution in [0.4, 0.5) is 0 Å². The van der Waals surface area contributed by atoms with Crippen LogP contribution in [0, 0.1) is 29.1 Å². The summed E-state index contributed by atoms with van der Waals surface area (Å²) in [6.07, 6.45) is 18.3. The van der Waals surface area contributed by atoms with Gasteiger partial charge in [0.2, 0.25) is 0 Å². The summed E-state index contributed by atoms with van der Waals surface area (Å²) in [7, 11) is 5.91. The van der Waals surface area contributed by atoms with Crippen LogP contribution in [-0.2, 0) is 18.7 Å². The van der Waals surface area contributed by atoms with E-state index in [9.17, 15) is 0 Å². The average molecular weight is 567 g/mol. The number of benzene rings is 2. The third-order valence-electron chi connectivity index (χ3n) is 10.8. The normalized spacial score (nSPS) is 24.1. The molecule has 2 aliphatic rings. The highest BCUT2D eigenvalue weighted by atomic mass is 31.0. The Labute approximate surface area is 245 Å². The standard InChI is InChI=1S/C36H56OP2/c1-5-36(4,6-2)20-19-27-9-17-31(18-10-27)35-32(24-38)21-34(22-33(35)25-39)37-23-28-11-15-30(16-12-28)29-13-7-26(3)8-14-29/h9-10,17-18,21-22,26,28-30H,5-8,11-16,19-20,23-25,38-39H2,1-4H3. The maximum atomic E-state index is 6.50.